The first kappa shape index (κ1) is 25.1. The third kappa shape index (κ3) is 4.28. The lowest BCUT2D eigenvalue weighted by molar-refractivity contribution is -0.205. The first-order valence-corrected chi connectivity index (χ1v) is 13.0. The summed E-state index contributed by atoms with van der Waals surface area (Å²) in [5, 5.41) is 0. The molecule has 5 nitrogen and oxygen atoms in total. The summed E-state index contributed by atoms with van der Waals surface area (Å²) in [6.45, 7) is 7.28. The van der Waals surface area contributed by atoms with Crippen molar-refractivity contribution in [3.63, 3.8) is 0 Å². The van der Waals surface area contributed by atoms with Gasteiger partial charge in [0, 0.05) is 20.0 Å². The quantitative estimate of drug-likeness (QED) is 0.374. The van der Waals surface area contributed by atoms with Gasteiger partial charge in [-0.25, -0.2) is 4.39 Å². The standard InChI is InChI=1S/C27H43FO5/c1-16(6-9-24(30)32-5)18-7-8-19-25-20(10-11-26(18,19)2)27(3)14-21(28)22(29)12-17(27)13-23(25)33-15-31-4/h16-21,23,25H,6-15H2,1-5H3/t16-,17+,18-,19?,20?,21+,23-,25?,26-,27+/m1/s1. The van der Waals surface area contributed by atoms with E-state index in [0.717, 1.165) is 32.1 Å². The minimum absolute atomic E-state index is 0.0609. The maximum absolute atomic E-state index is 14.7. The van der Waals surface area contributed by atoms with Crippen molar-refractivity contribution < 1.29 is 28.2 Å². The molecular formula is C27H43FO5. The Balaban J connectivity index is 1.59. The Labute approximate surface area is 198 Å². The summed E-state index contributed by atoms with van der Waals surface area (Å²) < 4.78 is 31.2. The maximum Gasteiger partial charge on any atom is 0.305 e. The molecule has 0 amide bonds. The molecule has 4 aliphatic rings. The zero-order chi connectivity index (χ0) is 24.0. The van der Waals surface area contributed by atoms with Crippen LogP contribution in [0.1, 0.15) is 78.6 Å². The maximum atomic E-state index is 14.7. The molecule has 10 atom stereocenters. The Hall–Kier alpha value is -1.01. The number of carbonyl (C=O) groups excluding carboxylic acids is 2. The van der Waals surface area contributed by atoms with E-state index in [0.29, 0.717) is 48.9 Å². The molecule has 4 aliphatic carbocycles. The molecule has 0 aromatic carbocycles. The third-order valence-corrected chi connectivity index (χ3v) is 10.7. The van der Waals surface area contributed by atoms with Gasteiger partial charge < -0.3 is 14.2 Å². The molecule has 0 aromatic heterocycles. The number of Topliss-reactive ketones (excluding diaryl/α,β-unsaturated/α-hetero) is 1. The molecule has 0 saturated heterocycles. The summed E-state index contributed by atoms with van der Waals surface area (Å²) in [5.74, 6) is 2.16. The first-order chi connectivity index (χ1) is 15.7. The number of carbonyl (C=O) groups is 2. The van der Waals surface area contributed by atoms with Crippen LogP contribution in [0.25, 0.3) is 0 Å². The van der Waals surface area contributed by atoms with Crippen molar-refractivity contribution >= 4 is 11.8 Å². The van der Waals surface area contributed by atoms with E-state index in [9.17, 15) is 14.0 Å². The normalized spacial score (nSPS) is 45.6. The van der Waals surface area contributed by atoms with Gasteiger partial charge in [0.2, 0.25) is 0 Å². The van der Waals surface area contributed by atoms with E-state index in [1.54, 1.807) is 7.11 Å². The van der Waals surface area contributed by atoms with Crippen molar-refractivity contribution in [1.82, 2.24) is 0 Å². The number of esters is 1. The number of halogens is 1. The fourth-order valence-corrected chi connectivity index (χ4v) is 8.96. The molecule has 0 aliphatic heterocycles. The molecule has 4 rings (SSSR count). The van der Waals surface area contributed by atoms with Crippen molar-refractivity contribution in [1.29, 1.82) is 0 Å². The van der Waals surface area contributed by atoms with Crippen LogP contribution in [0.5, 0.6) is 0 Å². The summed E-state index contributed by atoms with van der Waals surface area (Å²) in [7, 11) is 3.11. The van der Waals surface area contributed by atoms with Crippen molar-refractivity contribution in [2.75, 3.05) is 21.0 Å². The second-order valence-corrected chi connectivity index (χ2v) is 12.0. The molecule has 0 bridgehead atoms. The average molecular weight is 467 g/mol. The van der Waals surface area contributed by atoms with E-state index in [1.165, 1.54) is 13.5 Å². The second kappa shape index (κ2) is 9.56. The van der Waals surface area contributed by atoms with Crippen molar-refractivity contribution in [3.05, 3.63) is 0 Å². The molecule has 188 valence electrons. The highest BCUT2D eigenvalue weighted by molar-refractivity contribution is 5.84. The lowest BCUT2D eigenvalue weighted by atomic mass is 9.43. The predicted octanol–water partition coefficient (Wildman–Crippen LogP) is 5.35. The predicted molar refractivity (Wildman–Crippen MR) is 123 cm³/mol. The largest absolute Gasteiger partial charge is 0.469 e. The Kier molecular flexibility index (Phi) is 7.27. The number of ether oxygens (including phenoxy) is 3. The number of ketones is 1. The molecular weight excluding hydrogens is 423 g/mol. The first-order valence-electron chi connectivity index (χ1n) is 13.0. The monoisotopic (exact) mass is 466 g/mol. The summed E-state index contributed by atoms with van der Waals surface area (Å²) in [5.41, 5.74) is 0.0645. The number of methoxy groups -OCH3 is 2. The molecule has 0 heterocycles. The van der Waals surface area contributed by atoms with Gasteiger partial charge in [0.1, 0.15) is 6.79 Å². The molecule has 6 heteroatoms. The Bertz CT molecular complexity index is 742. The molecule has 0 spiro atoms. The number of alkyl halides is 1. The van der Waals surface area contributed by atoms with Gasteiger partial charge in [-0.2, -0.15) is 0 Å². The molecule has 0 radical (unpaired) electrons. The van der Waals surface area contributed by atoms with Crippen LogP contribution in [0.4, 0.5) is 4.39 Å². The van der Waals surface area contributed by atoms with Gasteiger partial charge in [0.15, 0.2) is 12.0 Å². The highest BCUT2D eigenvalue weighted by Crippen LogP contribution is 2.68. The molecule has 0 N–H and O–H groups in total. The smallest absolute Gasteiger partial charge is 0.305 e. The van der Waals surface area contributed by atoms with Gasteiger partial charge in [-0.15, -0.1) is 0 Å². The number of fused-ring (bicyclic) bond motifs is 5. The van der Waals surface area contributed by atoms with Gasteiger partial charge in [-0.05, 0) is 91.3 Å². The molecule has 0 aromatic rings. The number of rotatable bonds is 7. The highest BCUT2D eigenvalue weighted by atomic mass is 19.1. The zero-order valence-electron chi connectivity index (χ0n) is 21.1. The van der Waals surface area contributed by atoms with E-state index < -0.39 is 6.17 Å². The minimum Gasteiger partial charge on any atom is -0.469 e. The van der Waals surface area contributed by atoms with Crippen LogP contribution < -0.4 is 0 Å². The Morgan fingerprint density at radius 1 is 1.15 bits per heavy atom. The lowest BCUT2D eigenvalue weighted by Crippen LogP contribution is -2.60. The van der Waals surface area contributed by atoms with Crippen LogP contribution in [-0.2, 0) is 23.8 Å². The average Bonchev–Trinajstić information content (AvgIpc) is 3.14. The summed E-state index contributed by atoms with van der Waals surface area (Å²) in [6.07, 6.45) is 6.18. The van der Waals surface area contributed by atoms with Crippen molar-refractivity contribution in [2.45, 2.75) is 90.8 Å². The molecule has 4 saturated carbocycles. The van der Waals surface area contributed by atoms with Gasteiger partial charge in [-0.1, -0.05) is 20.8 Å². The fourth-order valence-electron chi connectivity index (χ4n) is 8.96. The van der Waals surface area contributed by atoms with Crippen LogP contribution in [-0.4, -0.2) is 45.0 Å². The van der Waals surface area contributed by atoms with Crippen molar-refractivity contribution in [2.24, 2.45) is 46.3 Å². The minimum atomic E-state index is -1.31. The molecule has 3 unspecified atom stereocenters. The fraction of sp³-hybridized carbons (Fsp3) is 0.926. The topological polar surface area (TPSA) is 61.8 Å². The van der Waals surface area contributed by atoms with Crippen LogP contribution >= 0.6 is 0 Å². The Morgan fingerprint density at radius 2 is 1.88 bits per heavy atom. The number of hydrogen-bond donors (Lipinski definition) is 0. The van der Waals surface area contributed by atoms with E-state index in [4.69, 9.17) is 14.2 Å². The Morgan fingerprint density at radius 3 is 2.58 bits per heavy atom. The van der Waals surface area contributed by atoms with Crippen molar-refractivity contribution in [3.8, 4) is 0 Å². The summed E-state index contributed by atoms with van der Waals surface area (Å²) in [6, 6.07) is 0. The van der Waals surface area contributed by atoms with Gasteiger partial charge in [0.05, 0.1) is 13.2 Å². The van der Waals surface area contributed by atoms with Crippen LogP contribution in [0.2, 0.25) is 0 Å². The van der Waals surface area contributed by atoms with Gasteiger partial charge in [-0.3, -0.25) is 9.59 Å². The van der Waals surface area contributed by atoms with Crippen LogP contribution in [0, 0.1) is 46.3 Å². The second-order valence-electron chi connectivity index (χ2n) is 12.0. The summed E-state index contributed by atoms with van der Waals surface area (Å²) >= 11 is 0. The van der Waals surface area contributed by atoms with E-state index in [-0.39, 0.29) is 41.4 Å². The molecule has 33 heavy (non-hydrogen) atoms. The van der Waals surface area contributed by atoms with E-state index in [2.05, 4.69) is 20.8 Å². The number of hydrogen-bond acceptors (Lipinski definition) is 5. The third-order valence-electron chi connectivity index (χ3n) is 10.7. The zero-order valence-corrected chi connectivity index (χ0v) is 21.1. The highest BCUT2D eigenvalue weighted by Gasteiger charge is 2.64. The lowest BCUT2D eigenvalue weighted by Gasteiger charge is -2.62. The van der Waals surface area contributed by atoms with E-state index in [1.807, 2.05) is 0 Å². The molecule has 4 fully saturated rings. The van der Waals surface area contributed by atoms with Gasteiger partial charge >= 0.3 is 5.97 Å². The SMILES string of the molecule is COCO[C@@H]1C[C@@H]2CC(=O)[C@@H](F)C[C@]2(C)C2CC[C@@]3(C)C(CC[C@@H]3[C@H](C)CCC(=O)OC)C21. The van der Waals surface area contributed by atoms with Gasteiger partial charge in [0.25, 0.3) is 0 Å². The van der Waals surface area contributed by atoms with Crippen LogP contribution in [0.15, 0.2) is 0 Å². The summed E-state index contributed by atoms with van der Waals surface area (Å²) in [4.78, 5) is 24.0. The van der Waals surface area contributed by atoms with Crippen LogP contribution in [0.3, 0.4) is 0 Å². The van der Waals surface area contributed by atoms with E-state index >= 15 is 0 Å².